The minimum Gasteiger partial charge on any atom is -0.298 e. The van der Waals surface area contributed by atoms with Crippen LogP contribution < -0.4 is 5.32 Å². The van der Waals surface area contributed by atoms with Crippen LogP contribution in [0.25, 0.3) is 11.3 Å². The molecule has 1 aromatic carbocycles. The highest BCUT2D eigenvalue weighted by atomic mass is 79.9. The van der Waals surface area contributed by atoms with E-state index < -0.39 is 0 Å². The number of hydrogen-bond donors (Lipinski definition) is 1. The number of rotatable bonds is 3. The number of carbonyl (C=O) groups is 1. The van der Waals surface area contributed by atoms with Crippen LogP contribution in [0.4, 0.5) is 5.13 Å². The Balaban J connectivity index is 1.85. The van der Waals surface area contributed by atoms with Crippen molar-refractivity contribution in [2.45, 2.75) is 6.92 Å². The lowest BCUT2D eigenvalue weighted by Gasteiger charge is -2.02. The van der Waals surface area contributed by atoms with Gasteiger partial charge in [0.25, 0.3) is 5.91 Å². The van der Waals surface area contributed by atoms with Gasteiger partial charge in [-0.3, -0.25) is 10.1 Å². The lowest BCUT2D eigenvalue weighted by atomic mass is 10.1. The van der Waals surface area contributed by atoms with Gasteiger partial charge in [-0.15, -0.1) is 11.3 Å². The Morgan fingerprint density at radius 1 is 1.26 bits per heavy atom. The highest BCUT2D eigenvalue weighted by Gasteiger charge is 2.15. The van der Waals surface area contributed by atoms with Crippen LogP contribution in [0, 0.1) is 6.92 Å². The van der Waals surface area contributed by atoms with E-state index in [1.54, 1.807) is 12.1 Å². The van der Waals surface area contributed by atoms with Crippen molar-refractivity contribution in [3.63, 3.8) is 0 Å². The largest absolute Gasteiger partial charge is 0.298 e. The summed E-state index contributed by atoms with van der Waals surface area (Å²) in [7, 11) is 0. The molecule has 0 spiro atoms. The molecule has 0 bridgehead atoms. The molecule has 23 heavy (non-hydrogen) atoms. The molecule has 0 atom stereocenters. The summed E-state index contributed by atoms with van der Waals surface area (Å²) in [6, 6.07) is 11.2. The molecule has 116 valence electrons. The topological polar surface area (TPSA) is 54.9 Å². The van der Waals surface area contributed by atoms with Crippen molar-refractivity contribution in [2.75, 3.05) is 5.32 Å². The van der Waals surface area contributed by atoms with E-state index in [1.165, 1.54) is 17.5 Å². The summed E-state index contributed by atoms with van der Waals surface area (Å²) >= 11 is 10.8. The van der Waals surface area contributed by atoms with Gasteiger partial charge in [0.2, 0.25) is 0 Å². The van der Waals surface area contributed by atoms with E-state index in [1.807, 2.05) is 31.2 Å². The molecule has 0 unspecified atom stereocenters. The molecular formula is C16H11BrClN3OS. The first-order chi connectivity index (χ1) is 11.0. The van der Waals surface area contributed by atoms with E-state index in [-0.39, 0.29) is 11.1 Å². The van der Waals surface area contributed by atoms with E-state index in [0.717, 1.165) is 20.6 Å². The van der Waals surface area contributed by atoms with Crippen LogP contribution >= 0.6 is 38.9 Å². The van der Waals surface area contributed by atoms with Gasteiger partial charge >= 0.3 is 0 Å². The Morgan fingerprint density at radius 3 is 2.70 bits per heavy atom. The van der Waals surface area contributed by atoms with Crippen LogP contribution in [0.5, 0.6) is 0 Å². The van der Waals surface area contributed by atoms with E-state index >= 15 is 0 Å². The van der Waals surface area contributed by atoms with Gasteiger partial charge in [0.1, 0.15) is 5.15 Å². The second-order valence-electron chi connectivity index (χ2n) is 4.73. The molecule has 0 saturated carbocycles. The number of benzene rings is 1. The van der Waals surface area contributed by atoms with Crippen LogP contribution in [0.3, 0.4) is 0 Å². The van der Waals surface area contributed by atoms with E-state index in [2.05, 4.69) is 31.2 Å². The zero-order valence-corrected chi connectivity index (χ0v) is 15.2. The molecule has 0 aliphatic carbocycles. The normalized spacial score (nSPS) is 10.6. The fourth-order valence-electron chi connectivity index (χ4n) is 2.05. The monoisotopic (exact) mass is 407 g/mol. The maximum Gasteiger partial charge on any atom is 0.260 e. The van der Waals surface area contributed by atoms with Crippen molar-refractivity contribution in [3.05, 3.63) is 62.7 Å². The number of aromatic nitrogens is 2. The molecular weight excluding hydrogens is 398 g/mol. The summed E-state index contributed by atoms with van der Waals surface area (Å²) in [4.78, 5) is 21.7. The maximum atomic E-state index is 12.3. The van der Waals surface area contributed by atoms with Crippen LogP contribution in [-0.4, -0.2) is 15.9 Å². The minimum atomic E-state index is -0.320. The predicted molar refractivity (Wildman–Crippen MR) is 97.2 cm³/mol. The number of amides is 1. The number of anilines is 1. The number of pyridine rings is 1. The molecule has 0 aliphatic heterocycles. The second-order valence-corrected chi connectivity index (χ2v) is 7.20. The zero-order valence-electron chi connectivity index (χ0n) is 12.0. The van der Waals surface area contributed by atoms with Gasteiger partial charge in [-0.2, -0.15) is 0 Å². The molecule has 0 aliphatic rings. The van der Waals surface area contributed by atoms with Crippen LogP contribution in [0.1, 0.15) is 15.2 Å². The van der Waals surface area contributed by atoms with Crippen molar-refractivity contribution < 1.29 is 4.79 Å². The van der Waals surface area contributed by atoms with Gasteiger partial charge in [0.15, 0.2) is 5.13 Å². The SMILES string of the molecule is Cc1sc(NC(=O)c2cccnc2Cl)nc1-c1ccc(Br)cc1. The standard InChI is InChI=1S/C16H11BrClN3OS/c1-9-13(10-4-6-11(17)7-5-10)20-16(23-9)21-15(22)12-3-2-8-19-14(12)18/h2-8H,1H3,(H,20,21,22). The number of thiazole rings is 1. The third-order valence-electron chi connectivity index (χ3n) is 3.14. The average Bonchev–Trinajstić information content (AvgIpc) is 2.89. The van der Waals surface area contributed by atoms with Crippen LogP contribution in [0.15, 0.2) is 47.1 Å². The third-order valence-corrected chi connectivity index (χ3v) is 4.85. The number of aryl methyl sites for hydroxylation is 1. The molecule has 1 N–H and O–H groups in total. The van der Waals surface area contributed by atoms with Crippen molar-refractivity contribution >= 4 is 49.9 Å². The smallest absolute Gasteiger partial charge is 0.260 e. The fourth-order valence-corrected chi connectivity index (χ4v) is 3.35. The van der Waals surface area contributed by atoms with E-state index in [9.17, 15) is 4.79 Å². The molecule has 0 radical (unpaired) electrons. The summed E-state index contributed by atoms with van der Waals surface area (Å²) in [5.74, 6) is -0.320. The number of hydrogen-bond acceptors (Lipinski definition) is 4. The lowest BCUT2D eigenvalue weighted by molar-refractivity contribution is 0.102. The van der Waals surface area contributed by atoms with E-state index in [0.29, 0.717) is 10.7 Å². The number of nitrogens with one attached hydrogen (secondary N) is 1. The summed E-state index contributed by atoms with van der Waals surface area (Å²) < 4.78 is 1.01. The molecule has 0 saturated heterocycles. The first-order valence-electron chi connectivity index (χ1n) is 6.70. The molecule has 4 nitrogen and oxygen atoms in total. The Bertz CT molecular complexity index is 864. The van der Waals surface area contributed by atoms with Gasteiger partial charge in [-0.05, 0) is 31.2 Å². The Kier molecular flexibility index (Phi) is 4.75. The van der Waals surface area contributed by atoms with Gasteiger partial charge in [-0.25, -0.2) is 9.97 Å². The van der Waals surface area contributed by atoms with Crippen molar-refractivity contribution in [1.82, 2.24) is 9.97 Å². The first-order valence-corrected chi connectivity index (χ1v) is 8.68. The quantitative estimate of drug-likeness (QED) is 0.607. The highest BCUT2D eigenvalue weighted by molar-refractivity contribution is 9.10. The molecule has 0 fully saturated rings. The van der Waals surface area contributed by atoms with Gasteiger partial charge < -0.3 is 0 Å². The highest BCUT2D eigenvalue weighted by Crippen LogP contribution is 2.31. The predicted octanol–water partition coefficient (Wildman–Crippen LogP) is 5.18. The summed E-state index contributed by atoms with van der Waals surface area (Å²) in [6.45, 7) is 1.97. The molecule has 7 heteroatoms. The maximum absolute atomic E-state index is 12.3. The Hall–Kier alpha value is -1.76. The van der Waals surface area contributed by atoms with Crippen LogP contribution in [-0.2, 0) is 0 Å². The number of nitrogens with zero attached hydrogens (tertiary/aromatic N) is 2. The molecule has 2 aromatic heterocycles. The Morgan fingerprint density at radius 2 is 2.00 bits per heavy atom. The fraction of sp³-hybridized carbons (Fsp3) is 0.0625. The van der Waals surface area contributed by atoms with Crippen molar-refractivity contribution in [2.24, 2.45) is 0 Å². The third kappa shape index (κ3) is 3.60. The van der Waals surface area contributed by atoms with Gasteiger partial charge in [0, 0.05) is 21.1 Å². The van der Waals surface area contributed by atoms with Gasteiger partial charge in [-0.1, -0.05) is 39.7 Å². The average molecular weight is 409 g/mol. The van der Waals surface area contributed by atoms with E-state index in [4.69, 9.17) is 11.6 Å². The minimum absolute atomic E-state index is 0.173. The van der Waals surface area contributed by atoms with Crippen LogP contribution in [0.2, 0.25) is 5.15 Å². The molecule has 3 rings (SSSR count). The van der Waals surface area contributed by atoms with Gasteiger partial charge in [0.05, 0.1) is 11.3 Å². The summed E-state index contributed by atoms with van der Waals surface area (Å²) in [5.41, 5.74) is 2.18. The number of halogens is 2. The van der Waals surface area contributed by atoms with Crippen molar-refractivity contribution in [1.29, 1.82) is 0 Å². The summed E-state index contributed by atoms with van der Waals surface area (Å²) in [5, 5.41) is 3.48. The molecule has 3 aromatic rings. The lowest BCUT2D eigenvalue weighted by Crippen LogP contribution is -2.12. The van der Waals surface area contributed by atoms with Crippen molar-refractivity contribution in [3.8, 4) is 11.3 Å². The molecule has 1 amide bonds. The zero-order chi connectivity index (χ0) is 16.4. The molecule has 2 heterocycles. The second kappa shape index (κ2) is 6.78. The first kappa shape index (κ1) is 16.1. The number of carbonyl (C=O) groups excluding carboxylic acids is 1. The Labute approximate surface area is 150 Å². The summed E-state index contributed by atoms with van der Waals surface area (Å²) in [6.07, 6.45) is 1.54.